The number of rotatable bonds is 9. The van der Waals surface area contributed by atoms with Crippen LogP contribution in [0.15, 0.2) is 24.3 Å². The standard InChI is InChI=1S/C25H41ClN6O2/c1-19(2)18-32(31-14-12-29(3)13-15-31)22-8-10-30(11-9-22)25(34)23(28-24(33)17-27)16-20-4-6-21(26)7-5-20/h4-7,19,22-23H,8-18,27H2,1-3H3,(H,28,33)/t23-/m1/s1. The Morgan fingerprint density at radius 3 is 2.26 bits per heavy atom. The Bertz CT molecular complexity index is 789. The molecule has 0 aliphatic carbocycles. The summed E-state index contributed by atoms with van der Waals surface area (Å²) in [5.74, 6) is 0.222. The van der Waals surface area contributed by atoms with Gasteiger partial charge in [0.05, 0.1) is 6.54 Å². The molecule has 2 aliphatic heterocycles. The van der Waals surface area contributed by atoms with Crippen LogP contribution < -0.4 is 11.1 Å². The number of likely N-dealkylation sites (N-methyl/N-ethyl adjacent to an activating group) is 1. The van der Waals surface area contributed by atoms with Gasteiger partial charge in [0, 0.05) is 63.3 Å². The summed E-state index contributed by atoms with van der Waals surface area (Å²) in [5.41, 5.74) is 6.47. The molecular formula is C25H41ClN6O2. The van der Waals surface area contributed by atoms with E-state index in [0.29, 0.717) is 36.5 Å². The van der Waals surface area contributed by atoms with Crippen molar-refractivity contribution < 1.29 is 9.59 Å². The van der Waals surface area contributed by atoms with Crippen LogP contribution >= 0.6 is 11.6 Å². The van der Waals surface area contributed by atoms with E-state index in [1.54, 1.807) is 12.1 Å². The maximum Gasteiger partial charge on any atom is 0.245 e. The molecule has 2 saturated heterocycles. The summed E-state index contributed by atoms with van der Waals surface area (Å²) in [6.45, 7) is 11.1. The summed E-state index contributed by atoms with van der Waals surface area (Å²) >= 11 is 6.00. The second-order valence-corrected chi connectivity index (χ2v) is 10.4. The average molecular weight is 493 g/mol. The summed E-state index contributed by atoms with van der Waals surface area (Å²) in [4.78, 5) is 29.8. The highest BCUT2D eigenvalue weighted by Gasteiger charge is 2.34. The highest BCUT2D eigenvalue weighted by molar-refractivity contribution is 6.30. The van der Waals surface area contributed by atoms with Gasteiger partial charge in [-0.05, 0) is 43.5 Å². The van der Waals surface area contributed by atoms with Crippen molar-refractivity contribution >= 4 is 23.4 Å². The van der Waals surface area contributed by atoms with Crippen molar-refractivity contribution in [2.45, 2.75) is 45.2 Å². The Balaban J connectivity index is 1.63. The van der Waals surface area contributed by atoms with Gasteiger partial charge >= 0.3 is 0 Å². The van der Waals surface area contributed by atoms with E-state index < -0.39 is 6.04 Å². The first-order chi connectivity index (χ1) is 16.3. The summed E-state index contributed by atoms with van der Waals surface area (Å²) in [6, 6.07) is 7.19. The number of benzene rings is 1. The Morgan fingerprint density at radius 2 is 1.71 bits per heavy atom. The van der Waals surface area contributed by atoms with E-state index in [0.717, 1.165) is 51.1 Å². The zero-order valence-corrected chi connectivity index (χ0v) is 21.6. The zero-order chi connectivity index (χ0) is 24.7. The van der Waals surface area contributed by atoms with Crippen LogP contribution in [0.25, 0.3) is 0 Å². The number of likely N-dealkylation sites (tertiary alicyclic amines) is 1. The number of piperazine rings is 1. The number of nitrogens with two attached hydrogens (primary N) is 1. The molecule has 34 heavy (non-hydrogen) atoms. The summed E-state index contributed by atoms with van der Waals surface area (Å²) in [6.07, 6.45) is 2.29. The molecule has 2 aliphatic rings. The number of nitrogens with zero attached hydrogens (tertiary/aromatic N) is 4. The third-order valence-corrected chi connectivity index (χ3v) is 7.02. The number of hydrogen-bond acceptors (Lipinski definition) is 6. The summed E-state index contributed by atoms with van der Waals surface area (Å²) < 4.78 is 0. The molecule has 3 rings (SSSR count). The third kappa shape index (κ3) is 7.65. The van der Waals surface area contributed by atoms with Gasteiger partial charge in [-0.15, -0.1) is 0 Å². The first kappa shape index (κ1) is 26.9. The van der Waals surface area contributed by atoms with Crippen LogP contribution in [0.5, 0.6) is 0 Å². The summed E-state index contributed by atoms with van der Waals surface area (Å²) in [5, 5.41) is 8.57. The predicted octanol–water partition coefficient (Wildman–Crippen LogP) is 1.44. The molecule has 2 fully saturated rings. The number of nitrogens with one attached hydrogen (secondary N) is 1. The molecule has 0 radical (unpaired) electrons. The van der Waals surface area contributed by atoms with Gasteiger partial charge < -0.3 is 20.9 Å². The fraction of sp³-hybridized carbons (Fsp3) is 0.680. The first-order valence-corrected chi connectivity index (χ1v) is 12.9. The van der Waals surface area contributed by atoms with Gasteiger partial charge in [0.1, 0.15) is 6.04 Å². The highest BCUT2D eigenvalue weighted by atomic mass is 35.5. The van der Waals surface area contributed by atoms with Crippen LogP contribution in [0.3, 0.4) is 0 Å². The number of halogens is 1. The number of carbonyl (C=O) groups excluding carboxylic acids is 2. The molecule has 1 aromatic carbocycles. The molecule has 1 atom stereocenters. The van der Waals surface area contributed by atoms with Gasteiger partial charge in [0.15, 0.2) is 0 Å². The van der Waals surface area contributed by atoms with Crippen LogP contribution in [0, 0.1) is 5.92 Å². The zero-order valence-electron chi connectivity index (χ0n) is 20.9. The normalized spacial score (nSPS) is 19.6. The van der Waals surface area contributed by atoms with E-state index in [1.165, 1.54) is 0 Å². The van der Waals surface area contributed by atoms with Crippen molar-refractivity contribution in [3.63, 3.8) is 0 Å². The fourth-order valence-corrected chi connectivity index (χ4v) is 4.96. The van der Waals surface area contributed by atoms with Crippen LogP contribution in [0.4, 0.5) is 0 Å². The molecule has 9 heteroatoms. The van der Waals surface area contributed by atoms with E-state index in [1.807, 2.05) is 17.0 Å². The molecule has 2 amide bonds. The molecule has 8 nitrogen and oxygen atoms in total. The minimum absolute atomic E-state index is 0.0368. The second kappa shape index (κ2) is 12.8. The molecular weight excluding hydrogens is 452 g/mol. The van der Waals surface area contributed by atoms with Gasteiger partial charge in [-0.3, -0.25) is 9.59 Å². The predicted molar refractivity (Wildman–Crippen MR) is 136 cm³/mol. The van der Waals surface area contributed by atoms with Crippen LogP contribution in [-0.2, 0) is 16.0 Å². The smallest absolute Gasteiger partial charge is 0.245 e. The number of hydrazine groups is 1. The van der Waals surface area contributed by atoms with Crippen molar-refractivity contribution in [2.75, 3.05) is 59.4 Å². The van der Waals surface area contributed by atoms with Crippen molar-refractivity contribution in [1.82, 2.24) is 25.1 Å². The van der Waals surface area contributed by atoms with Crippen molar-refractivity contribution in [3.05, 3.63) is 34.9 Å². The molecule has 2 heterocycles. The van der Waals surface area contributed by atoms with Crippen molar-refractivity contribution in [3.8, 4) is 0 Å². The third-order valence-electron chi connectivity index (χ3n) is 6.76. The minimum atomic E-state index is -0.627. The van der Waals surface area contributed by atoms with Crippen LogP contribution in [-0.4, -0.2) is 103 Å². The maximum atomic E-state index is 13.4. The Morgan fingerprint density at radius 1 is 1.09 bits per heavy atom. The fourth-order valence-electron chi connectivity index (χ4n) is 4.84. The van der Waals surface area contributed by atoms with Gasteiger partial charge in [-0.2, -0.15) is 0 Å². The topological polar surface area (TPSA) is 85.1 Å². The molecule has 0 bridgehead atoms. The monoisotopic (exact) mass is 492 g/mol. The van der Waals surface area contributed by atoms with E-state index in [4.69, 9.17) is 17.3 Å². The lowest BCUT2D eigenvalue weighted by atomic mass is 10.00. The lowest BCUT2D eigenvalue weighted by molar-refractivity contribution is -0.140. The molecule has 0 saturated carbocycles. The first-order valence-electron chi connectivity index (χ1n) is 12.5. The van der Waals surface area contributed by atoms with Crippen molar-refractivity contribution in [1.29, 1.82) is 0 Å². The second-order valence-electron chi connectivity index (χ2n) is 9.98. The molecule has 0 unspecified atom stereocenters. The Labute approximate surface area is 209 Å². The molecule has 0 spiro atoms. The quantitative estimate of drug-likeness (QED) is 0.542. The molecule has 1 aromatic rings. The molecule has 190 valence electrons. The number of piperidine rings is 1. The number of hydrogen-bond donors (Lipinski definition) is 2. The average Bonchev–Trinajstić information content (AvgIpc) is 2.83. The van der Waals surface area contributed by atoms with Gasteiger partial charge in [0.25, 0.3) is 0 Å². The highest BCUT2D eigenvalue weighted by Crippen LogP contribution is 2.22. The van der Waals surface area contributed by atoms with E-state index in [-0.39, 0.29) is 18.4 Å². The van der Waals surface area contributed by atoms with E-state index in [2.05, 4.69) is 41.1 Å². The van der Waals surface area contributed by atoms with Gasteiger partial charge in [0.2, 0.25) is 11.8 Å². The van der Waals surface area contributed by atoms with Crippen LogP contribution in [0.2, 0.25) is 5.02 Å². The SMILES string of the molecule is CC(C)CN(C1CCN(C(=O)[C@@H](Cc2ccc(Cl)cc2)NC(=O)CN)CC1)N1CCN(C)CC1. The van der Waals surface area contributed by atoms with E-state index in [9.17, 15) is 9.59 Å². The minimum Gasteiger partial charge on any atom is -0.343 e. The lowest BCUT2D eigenvalue weighted by Gasteiger charge is -2.47. The molecule has 3 N–H and O–H groups in total. The van der Waals surface area contributed by atoms with Gasteiger partial charge in [-0.25, -0.2) is 10.0 Å². The maximum absolute atomic E-state index is 13.4. The van der Waals surface area contributed by atoms with E-state index >= 15 is 0 Å². The number of amides is 2. The van der Waals surface area contributed by atoms with Crippen LogP contribution in [0.1, 0.15) is 32.3 Å². The lowest BCUT2D eigenvalue weighted by Crippen LogP contribution is -2.60. The largest absolute Gasteiger partial charge is 0.343 e. The Kier molecular flexibility index (Phi) is 10.2. The summed E-state index contributed by atoms with van der Waals surface area (Å²) in [7, 11) is 2.18. The Hall–Kier alpha value is -1.71. The number of carbonyl (C=O) groups is 2. The molecule has 0 aromatic heterocycles. The van der Waals surface area contributed by atoms with Crippen molar-refractivity contribution in [2.24, 2.45) is 11.7 Å². The van der Waals surface area contributed by atoms with Gasteiger partial charge in [-0.1, -0.05) is 37.6 Å².